The topological polar surface area (TPSA) is 99.5 Å². The molecule has 0 atom stereocenters. The summed E-state index contributed by atoms with van der Waals surface area (Å²) in [5, 5.41) is 15.3. The third-order valence-electron chi connectivity index (χ3n) is 5.22. The minimum Gasteiger partial charge on any atom is -0.508 e. The van der Waals surface area contributed by atoms with Crippen LogP contribution in [0.5, 0.6) is 0 Å². The molecule has 0 saturated heterocycles. The second-order valence-electron chi connectivity index (χ2n) is 9.25. The number of fused-ring (bicyclic) bond motifs is 1. The van der Waals surface area contributed by atoms with E-state index < -0.39 is 11.7 Å². The van der Waals surface area contributed by atoms with E-state index in [1.54, 1.807) is 18.2 Å². The zero-order valence-electron chi connectivity index (χ0n) is 21.6. The third-order valence-corrected chi connectivity index (χ3v) is 5.22. The van der Waals surface area contributed by atoms with Gasteiger partial charge in [0.2, 0.25) is 5.91 Å². The quantitative estimate of drug-likeness (QED) is 0.536. The molecule has 0 bridgehead atoms. The molecule has 0 unspecified atom stereocenters. The number of carbonyl (C=O) groups excluding carboxylic acids is 2. The summed E-state index contributed by atoms with van der Waals surface area (Å²) < 4.78 is 16.3. The first kappa shape index (κ1) is 28.0. The molecule has 35 heavy (non-hydrogen) atoms. The van der Waals surface area contributed by atoms with Crippen molar-refractivity contribution in [3.05, 3.63) is 47.0 Å². The van der Waals surface area contributed by atoms with Crippen LogP contribution in [0.3, 0.4) is 0 Å². The zero-order chi connectivity index (χ0) is 26.1. The number of likely N-dealkylation sites (N-methyl/N-ethyl adjacent to an activating group) is 1. The van der Waals surface area contributed by atoms with Gasteiger partial charge in [-0.3, -0.25) is 9.59 Å². The number of nitrogens with zero attached hydrogens (tertiary/aromatic N) is 3. The number of carbonyl (C=O) groups is 2. The predicted molar refractivity (Wildman–Crippen MR) is 136 cm³/mol. The van der Waals surface area contributed by atoms with E-state index >= 15 is 0 Å². The van der Waals surface area contributed by atoms with Crippen molar-refractivity contribution in [2.75, 3.05) is 27.2 Å². The molecule has 2 aromatic rings. The second kappa shape index (κ2) is 13.0. The summed E-state index contributed by atoms with van der Waals surface area (Å²) >= 11 is 0. The van der Waals surface area contributed by atoms with Gasteiger partial charge in [-0.05, 0) is 56.6 Å². The number of aliphatic hydroxyl groups excluding tert-OH is 1. The fourth-order valence-corrected chi connectivity index (χ4v) is 3.62. The van der Waals surface area contributed by atoms with Gasteiger partial charge in [0.1, 0.15) is 17.4 Å². The molecular weight excluding hydrogens is 449 g/mol. The smallest absolute Gasteiger partial charge is 0.272 e. The number of imidazole rings is 1. The van der Waals surface area contributed by atoms with E-state index in [0.29, 0.717) is 30.9 Å². The number of aromatic nitrogens is 2. The Labute approximate surface area is 207 Å². The molecule has 2 amide bonds. The van der Waals surface area contributed by atoms with E-state index in [1.165, 1.54) is 13.1 Å². The lowest BCUT2D eigenvalue weighted by Crippen LogP contribution is -2.36. The molecule has 1 aliphatic heterocycles. The van der Waals surface area contributed by atoms with Gasteiger partial charge in [0.25, 0.3) is 5.91 Å². The van der Waals surface area contributed by atoms with E-state index in [2.05, 4.69) is 41.3 Å². The lowest BCUT2D eigenvalue weighted by molar-refractivity contribution is -0.119. The summed E-state index contributed by atoms with van der Waals surface area (Å²) in [6, 6.07) is 4.43. The number of allylic oxidation sites excluding steroid dienone is 1. The first-order chi connectivity index (χ1) is 16.6. The highest BCUT2D eigenvalue weighted by atomic mass is 19.1. The van der Waals surface area contributed by atoms with Crippen molar-refractivity contribution >= 4 is 17.6 Å². The summed E-state index contributed by atoms with van der Waals surface area (Å²) in [5.41, 5.74) is 1.67. The molecule has 1 aliphatic rings. The Morgan fingerprint density at radius 1 is 1.26 bits per heavy atom. The standard InChI is InChI=1S/C22H28FN5O3.C4H10/c1-4-6-18(29)15-11-14(7-8-16(15)23)21-26-20(22(31)25-12-19(30)24-2)17-13-27(3)9-5-10-28(17)21;1-4(2)3/h6-8,11,29H,4-5,9-10,12-13H2,1-3H3,(H,24,30)(H,25,31);4H,1-3H3/b18-6+;. The molecule has 8 nitrogen and oxygen atoms in total. The average Bonchev–Trinajstić information content (AvgIpc) is 3.03. The monoisotopic (exact) mass is 487 g/mol. The molecule has 1 aromatic carbocycles. The Hall–Kier alpha value is -3.20. The maximum Gasteiger partial charge on any atom is 0.272 e. The van der Waals surface area contributed by atoms with Gasteiger partial charge in [0.15, 0.2) is 5.69 Å². The molecular formula is C26H38FN5O3. The lowest BCUT2D eigenvalue weighted by Gasteiger charge is -2.13. The van der Waals surface area contributed by atoms with Crippen molar-refractivity contribution in [3.63, 3.8) is 0 Å². The predicted octanol–water partition coefficient (Wildman–Crippen LogP) is 3.97. The van der Waals surface area contributed by atoms with Crippen LogP contribution >= 0.6 is 0 Å². The minimum absolute atomic E-state index is 0.0908. The fraction of sp³-hybridized carbons (Fsp3) is 0.500. The summed E-state index contributed by atoms with van der Waals surface area (Å²) in [7, 11) is 3.47. The maximum absolute atomic E-state index is 14.3. The summed E-state index contributed by atoms with van der Waals surface area (Å²) in [5.74, 6) is -0.0482. The zero-order valence-corrected chi connectivity index (χ0v) is 21.6. The van der Waals surface area contributed by atoms with E-state index in [0.717, 1.165) is 24.6 Å². The van der Waals surface area contributed by atoms with Gasteiger partial charge in [-0.2, -0.15) is 0 Å². The molecule has 0 fully saturated rings. The molecule has 0 saturated carbocycles. The van der Waals surface area contributed by atoms with Gasteiger partial charge in [-0.1, -0.05) is 27.7 Å². The largest absolute Gasteiger partial charge is 0.508 e. The number of hydrogen-bond acceptors (Lipinski definition) is 5. The van der Waals surface area contributed by atoms with Crippen LogP contribution in [0.15, 0.2) is 24.3 Å². The molecule has 0 radical (unpaired) electrons. The van der Waals surface area contributed by atoms with Gasteiger partial charge in [-0.15, -0.1) is 0 Å². The summed E-state index contributed by atoms with van der Waals surface area (Å²) in [6.45, 7) is 10.2. The van der Waals surface area contributed by atoms with Crippen LogP contribution in [0, 0.1) is 11.7 Å². The fourth-order valence-electron chi connectivity index (χ4n) is 3.62. The maximum atomic E-state index is 14.3. The molecule has 2 heterocycles. The van der Waals surface area contributed by atoms with Crippen molar-refractivity contribution in [3.8, 4) is 11.4 Å². The highest BCUT2D eigenvalue weighted by molar-refractivity contribution is 5.96. The summed E-state index contributed by atoms with van der Waals surface area (Å²) in [4.78, 5) is 31.0. The van der Waals surface area contributed by atoms with Gasteiger partial charge in [0, 0.05) is 25.7 Å². The van der Waals surface area contributed by atoms with Crippen LogP contribution in [-0.2, 0) is 17.9 Å². The minimum atomic E-state index is -0.531. The first-order valence-corrected chi connectivity index (χ1v) is 12.0. The Bertz CT molecular complexity index is 1060. The Morgan fingerprint density at radius 3 is 2.57 bits per heavy atom. The number of amides is 2. The highest BCUT2D eigenvalue weighted by Gasteiger charge is 2.26. The van der Waals surface area contributed by atoms with E-state index in [-0.39, 0.29) is 29.5 Å². The molecule has 0 spiro atoms. The van der Waals surface area contributed by atoms with Crippen LogP contribution in [0.1, 0.15) is 62.3 Å². The molecule has 192 valence electrons. The number of nitrogens with one attached hydrogen (secondary N) is 2. The van der Waals surface area contributed by atoms with Crippen molar-refractivity contribution in [1.82, 2.24) is 25.1 Å². The van der Waals surface area contributed by atoms with Gasteiger partial charge >= 0.3 is 0 Å². The number of halogens is 1. The molecule has 1 aromatic heterocycles. The molecule has 3 rings (SSSR count). The van der Waals surface area contributed by atoms with Gasteiger partial charge in [-0.25, -0.2) is 9.37 Å². The number of hydrogen-bond donors (Lipinski definition) is 3. The number of aliphatic hydroxyl groups is 1. The van der Waals surface area contributed by atoms with Crippen molar-refractivity contribution < 1.29 is 19.1 Å². The van der Waals surface area contributed by atoms with Gasteiger partial charge < -0.3 is 25.2 Å². The number of benzene rings is 1. The average molecular weight is 488 g/mol. The molecule has 3 N–H and O–H groups in total. The Morgan fingerprint density at radius 2 is 1.94 bits per heavy atom. The normalized spacial score (nSPS) is 14.0. The van der Waals surface area contributed by atoms with Crippen LogP contribution in [0.4, 0.5) is 4.39 Å². The second-order valence-corrected chi connectivity index (χ2v) is 9.25. The first-order valence-electron chi connectivity index (χ1n) is 12.0. The van der Waals surface area contributed by atoms with Crippen molar-refractivity contribution in [2.24, 2.45) is 5.92 Å². The van der Waals surface area contributed by atoms with Crippen LogP contribution in [0.2, 0.25) is 0 Å². The Kier molecular flexibility index (Phi) is 10.4. The Balaban J connectivity index is 0.00000100. The van der Waals surface area contributed by atoms with Crippen LogP contribution < -0.4 is 10.6 Å². The third kappa shape index (κ3) is 7.65. The number of rotatable bonds is 6. The molecule has 0 aliphatic carbocycles. The SMILES string of the molecule is CC(C)C.CC/C=C(/O)c1cc(-c2nc(C(=O)NCC(=O)NC)c3n2CCCN(C)C3)ccc1F. The van der Waals surface area contributed by atoms with Crippen molar-refractivity contribution in [2.45, 2.75) is 53.6 Å². The lowest BCUT2D eigenvalue weighted by atomic mass is 10.1. The highest BCUT2D eigenvalue weighted by Crippen LogP contribution is 2.29. The van der Waals surface area contributed by atoms with Gasteiger partial charge in [0.05, 0.1) is 17.8 Å². The van der Waals surface area contributed by atoms with E-state index in [1.807, 2.05) is 18.5 Å². The van der Waals surface area contributed by atoms with E-state index in [9.17, 15) is 19.1 Å². The van der Waals surface area contributed by atoms with E-state index in [4.69, 9.17) is 0 Å². The van der Waals surface area contributed by atoms with Crippen LogP contribution in [-0.4, -0.2) is 58.6 Å². The summed E-state index contributed by atoms with van der Waals surface area (Å²) in [6.07, 6.45) is 2.97. The molecule has 9 heteroatoms. The van der Waals surface area contributed by atoms with Crippen LogP contribution in [0.25, 0.3) is 17.1 Å². The van der Waals surface area contributed by atoms with Crippen molar-refractivity contribution in [1.29, 1.82) is 0 Å².